The topological polar surface area (TPSA) is 99.2 Å². The molecule has 0 bridgehead atoms. The predicted octanol–water partition coefficient (Wildman–Crippen LogP) is -0.406. The minimum absolute atomic E-state index is 0.0546. The number of nitrogens with one attached hydrogen (secondary N) is 2. The molecule has 0 atom stereocenters. The van der Waals surface area contributed by atoms with E-state index >= 15 is 0 Å². The maximum absolute atomic E-state index is 8.81. The molecule has 8 nitrogen and oxygen atoms in total. The number of fused-ring (bicyclic) bond motifs is 1. The summed E-state index contributed by atoms with van der Waals surface area (Å²) >= 11 is 0. The Hall–Kier alpha value is -1.93. The summed E-state index contributed by atoms with van der Waals surface area (Å²) in [5, 5.41) is 11.8. The molecule has 8 heteroatoms. The van der Waals surface area contributed by atoms with Crippen molar-refractivity contribution in [1.29, 1.82) is 0 Å². The smallest absolute Gasteiger partial charge is 0.202 e. The van der Waals surface area contributed by atoms with Crippen LogP contribution in [0.4, 0.5) is 11.8 Å². The number of ether oxygens (including phenoxy) is 1. The van der Waals surface area contributed by atoms with Crippen LogP contribution in [-0.4, -0.2) is 64.5 Å². The zero-order valence-electron chi connectivity index (χ0n) is 10.5. The SMILES string of the molecule is OCCNc1nc2ncnc(N3CCOCC3)c2[nH]1. The van der Waals surface area contributed by atoms with Gasteiger partial charge in [-0.15, -0.1) is 0 Å². The molecule has 0 saturated carbocycles. The number of aromatic amines is 1. The highest BCUT2D eigenvalue weighted by Gasteiger charge is 2.17. The van der Waals surface area contributed by atoms with Gasteiger partial charge in [0.25, 0.3) is 0 Å². The van der Waals surface area contributed by atoms with Gasteiger partial charge in [0.05, 0.1) is 19.8 Å². The number of nitrogens with zero attached hydrogens (tertiary/aromatic N) is 4. The standard InChI is InChI=1S/C11H16N6O2/c18-4-1-12-11-15-8-9(16-11)13-7-14-10(8)17-2-5-19-6-3-17/h7,18H,1-6H2,(H2,12,13,14,15,16). The van der Waals surface area contributed by atoms with E-state index in [1.165, 1.54) is 6.33 Å². The van der Waals surface area contributed by atoms with E-state index in [0.717, 1.165) is 24.4 Å². The fourth-order valence-electron chi connectivity index (χ4n) is 2.09. The maximum Gasteiger partial charge on any atom is 0.202 e. The number of morpholine rings is 1. The first kappa shape index (κ1) is 12.1. The number of hydrogen-bond acceptors (Lipinski definition) is 7. The highest BCUT2D eigenvalue weighted by molar-refractivity contribution is 5.84. The molecule has 0 aliphatic carbocycles. The van der Waals surface area contributed by atoms with Crippen LogP contribution in [0, 0.1) is 0 Å². The van der Waals surface area contributed by atoms with Gasteiger partial charge in [0.2, 0.25) is 5.95 Å². The summed E-state index contributed by atoms with van der Waals surface area (Å²) in [6.07, 6.45) is 1.52. The van der Waals surface area contributed by atoms with Gasteiger partial charge in [-0.05, 0) is 0 Å². The molecule has 19 heavy (non-hydrogen) atoms. The van der Waals surface area contributed by atoms with Gasteiger partial charge in [-0.2, -0.15) is 4.98 Å². The molecule has 102 valence electrons. The quantitative estimate of drug-likeness (QED) is 0.690. The van der Waals surface area contributed by atoms with Crippen molar-refractivity contribution in [2.45, 2.75) is 0 Å². The van der Waals surface area contributed by atoms with E-state index in [1.807, 2.05) is 0 Å². The lowest BCUT2D eigenvalue weighted by molar-refractivity contribution is 0.122. The summed E-state index contributed by atoms with van der Waals surface area (Å²) < 4.78 is 5.34. The third-order valence-corrected chi connectivity index (χ3v) is 2.98. The summed E-state index contributed by atoms with van der Waals surface area (Å²) in [7, 11) is 0. The van der Waals surface area contributed by atoms with Crippen molar-refractivity contribution in [3.05, 3.63) is 6.33 Å². The van der Waals surface area contributed by atoms with Crippen molar-refractivity contribution in [3.8, 4) is 0 Å². The molecule has 2 aromatic heterocycles. The van der Waals surface area contributed by atoms with Crippen LogP contribution in [-0.2, 0) is 4.74 Å². The van der Waals surface area contributed by atoms with Crippen LogP contribution in [0.3, 0.4) is 0 Å². The maximum atomic E-state index is 8.81. The molecule has 0 aromatic carbocycles. The Kier molecular flexibility index (Phi) is 3.43. The molecule has 1 saturated heterocycles. The average molecular weight is 264 g/mol. The Labute approximate surface area is 109 Å². The van der Waals surface area contributed by atoms with E-state index in [9.17, 15) is 0 Å². The van der Waals surface area contributed by atoms with Gasteiger partial charge >= 0.3 is 0 Å². The van der Waals surface area contributed by atoms with Crippen molar-refractivity contribution in [2.75, 3.05) is 49.7 Å². The van der Waals surface area contributed by atoms with Crippen molar-refractivity contribution in [2.24, 2.45) is 0 Å². The number of rotatable bonds is 4. The molecule has 0 spiro atoms. The molecule has 2 aromatic rings. The Morgan fingerprint density at radius 2 is 2.21 bits per heavy atom. The van der Waals surface area contributed by atoms with Crippen LogP contribution >= 0.6 is 0 Å². The van der Waals surface area contributed by atoms with E-state index in [-0.39, 0.29) is 6.61 Å². The molecule has 1 aliphatic rings. The van der Waals surface area contributed by atoms with E-state index in [4.69, 9.17) is 9.84 Å². The summed E-state index contributed by atoms with van der Waals surface area (Å²) in [6.45, 7) is 3.53. The molecule has 1 fully saturated rings. The summed E-state index contributed by atoms with van der Waals surface area (Å²) in [5.41, 5.74) is 1.43. The number of H-pyrrole nitrogens is 1. The lowest BCUT2D eigenvalue weighted by Gasteiger charge is -2.27. The summed E-state index contributed by atoms with van der Waals surface area (Å²) in [5.74, 6) is 1.44. The number of aliphatic hydroxyl groups is 1. The molecule has 3 rings (SSSR count). The Bertz CT molecular complexity index is 551. The Morgan fingerprint density at radius 1 is 1.37 bits per heavy atom. The van der Waals surface area contributed by atoms with Crippen LogP contribution in [0.2, 0.25) is 0 Å². The van der Waals surface area contributed by atoms with Crippen LogP contribution < -0.4 is 10.2 Å². The number of anilines is 2. The fraction of sp³-hybridized carbons (Fsp3) is 0.545. The summed E-state index contributed by atoms with van der Waals surface area (Å²) in [6, 6.07) is 0. The minimum Gasteiger partial charge on any atom is -0.395 e. The highest BCUT2D eigenvalue weighted by atomic mass is 16.5. The van der Waals surface area contributed by atoms with Gasteiger partial charge in [-0.25, -0.2) is 9.97 Å². The van der Waals surface area contributed by atoms with Gasteiger partial charge in [-0.3, -0.25) is 0 Å². The second kappa shape index (κ2) is 5.37. The van der Waals surface area contributed by atoms with E-state index in [0.29, 0.717) is 31.4 Å². The number of aliphatic hydroxyl groups excluding tert-OH is 1. The Morgan fingerprint density at radius 3 is 3.00 bits per heavy atom. The first-order chi connectivity index (χ1) is 9.38. The number of imidazole rings is 1. The van der Waals surface area contributed by atoms with Gasteiger partial charge < -0.3 is 25.0 Å². The van der Waals surface area contributed by atoms with Crippen molar-refractivity contribution >= 4 is 22.9 Å². The van der Waals surface area contributed by atoms with Crippen molar-refractivity contribution in [3.63, 3.8) is 0 Å². The molecule has 0 unspecified atom stereocenters. The van der Waals surface area contributed by atoms with E-state index < -0.39 is 0 Å². The van der Waals surface area contributed by atoms with Crippen molar-refractivity contribution < 1.29 is 9.84 Å². The predicted molar refractivity (Wildman–Crippen MR) is 70.3 cm³/mol. The largest absolute Gasteiger partial charge is 0.395 e. The van der Waals surface area contributed by atoms with Crippen LogP contribution in [0.5, 0.6) is 0 Å². The van der Waals surface area contributed by atoms with Crippen LogP contribution in [0.1, 0.15) is 0 Å². The lowest BCUT2D eigenvalue weighted by Crippen LogP contribution is -2.36. The third-order valence-electron chi connectivity index (χ3n) is 2.98. The normalized spacial score (nSPS) is 15.9. The molecule has 3 heterocycles. The summed E-state index contributed by atoms with van der Waals surface area (Å²) in [4.78, 5) is 18.1. The number of aromatic nitrogens is 4. The van der Waals surface area contributed by atoms with Crippen LogP contribution in [0.15, 0.2) is 6.33 Å². The van der Waals surface area contributed by atoms with E-state index in [1.54, 1.807) is 0 Å². The average Bonchev–Trinajstić information content (AvgIpc) is 2.88. The lowest BCUT2D eigenvalue weighted by atomic mass is 10.4. The second-order valence-electron chi connectivity index (χ2n) is 4.23. The minimum atomic E-state index is 0.0546. The van der Waals surface area contributed by atoms with Crippen molar-refractivity contribution in [1.82, 2.24) is 19.9 Å². The van der Waals surface area contributed by atoms with Gasteiger partial charge in [0.1, 0.15) is 11.8 Å². The first-order valence-corrected chi connectivity index (χ1v) is 6.26. The highest BCUT2D eigenvalue weighted by Crippen LogP contribution is 2.22. The molecule has 0 amide bonds. The first-order valence-electron chi connectivity index (χ1n) is 6.26. The van der Waals surface area contributed by atoms with Gasteiger partial charge in [0.15, 0.2) is 11.5 Å². The molecule has 1 aliphatic heterocycles. The third kappa shape index (κ3) is 2.45. The monoisotopic (exact) mass is 264 g/mol. The molecule has 3 N–H and O–H groups in total. The molecule has 0 radical (unpaired) electrons. The molecular formula is C11H16N6O2. The van der Waals surface area contributed by atoms with Gasteiger partial charge in [-0.1, -0.05) is 0 Å². The zero-order valence-corrected chi connectivity index (χ0v) is 10.5. The number of hydrogen-bond donors (Lipinski definition) is 3. The Balaban J connectivity index is 1.92. The van der Waals surface area contributed by atoms with Gasteiger partial charge in [0, 0.05) is 19.6 Å². The fourth-order valence-corrected chi connectivity index (χ4v) is 2.09. The second-order valence-corrected chi connectivity index (χ2v) is 4.23. The molecular weight excluding hydrogens is 248 g/mol. The van der Waals surface area contributed by atoms with Crippen LogP contribution in [0.25, 0.3) is 11.2 Å². The zero-order chi connectivity index (χ0) is 13.1. The van der Waals surface area contributed by atoms with E-state index in [2.05, 4.69) is 30.2 Å².